The second-order valence-electron chi connectivity index (χ2n) is 8.85. The molecule has 174 valence electrons. The van der Waals surface area contributed by atoms with Crippen molar-refractivity contribution in [3.63, 3.8) is 0 Å². The van der Waals surface area contributed by atoms with Crippen molar-refractivity contribution >= 4 is 17.7 Å². The van der Waals surface area contributed by atoms with Gasteiger partial charge in [-0.25, -0.2) is 9.78 Å². The van der Waals surface area contributed by atoms with E-state index in [2.05, 4.69) is 5.32 Å². The van der Waals surface area contributed by atoms with Crippen molar-refractivity contribution in [1.29, 1.82) is 0 Å². The first-order chi connectivity index (χ1) is 16.5. The molecule has 0 atom stereocenters. The first kappa shape index (κ1) is 21.9. The average Bonchev–Trinajstić information content (AvgIpc) is 2.83. The van der Waals surface area contributed by atoms with Gasteiger partial charge in [0, 0.05) is 17.7 Å². The fourth-order valence-corrected chi connectivity index (χ4v) is 4.82. The summed E-state index contributed by atoms with van der Waals surface area (Å²) in [5.41, 5.74) is 4.70. The summed E-state index contributed by atoms with van der Waals surface area (Å²) in [6, 6.07) is 19.9. The first-order valence-electron chi connectivity index (χ1n) is 11.7. The Morgan fingerprint density at radius 1 is 1.12 bits per heavy atom. The summed E-state index contributed by atoms with van der Waals surface area (Å²) >= 11 is 0. The number of fused-ring (bicyclic) bond motifs is 1. The van der Waals surface area contributed by atoms with Gasteiger partial charge in [0.25, 0.3) is 5.91 Å². The lowest BCUT2D eigenvalue weighted by atomic mass is 9.71. The lowest BCUT2D eigenvalue weighted by Crippen LogP contribution is -2.50. The van der Waals surface area contributed by atoms with E-state index >= 15 is 0 Å². The maximum Gasteiger partial charge on any atom is 0.405 e. The molecule has 0 bridgehead atoms. The smallest absolute Gasteiger partial charge is 0.405 e. The number of carboxylic acid groups (broad SMARTS) is 1. The summed E-state index contributed by atoms with van der Waals surface area (Å²) in [5.74, 6) is 0.388. The standard InChI is InChI=1S/C27H27N3O4/c1-2-15-30-22-16-21(18-7-4-3-5-8-18)24(28-25(22)34-17-23(30)31)19-9-11-20(12-10-19)27(13-6-14-27)29-26(32)33/h3-5,7-12,16,29H,2,6,13-15,17H2,1H3,(H,32,33). The van der Waals surface area contributed by atoms with Crippen LogP contribution >= 0.6 is 0 Å². The lowest BCUT2D eigenvalue weighted by molar-refractivity contribution is -0.121. The largest absolute Gasteiger partial charge is 0.466 e. The molecule has 2 heterocycles. The Hall–Kier alpha value is -3.87. The molecule has 0 saturated heterocycles. The SMILES string of the molecule is CCCN1C(=O)COc2nc(-c3ccc(C4(NC(=O)O)CCC4)cc3)c(-c3ccccc3)cc21. The van der Waals surface area contributed by atoms with Crippen molar-refractivity contribution in [3.05, 3.63) is 66.2 Å². The number of ether oxygens (including phenoxy) is 1. The van der Waals surface area contributed by atoms with Crippen molar-refractivity contribution in [3.8, 4) is 28.3 Å². The number of rotatable bonds is 6. The molecule has 2 aliphatic rings. The van der Waals surface area contributed by atoms with Crippen molar-refractivity contribution in [2.45, 2.75) is 38.1 Å². The van der Waals surface area contributed by atoms with Gasteiger partial charge in [-0.15, -0.1) is 0 Å². The molecular formula is C27H27N3O4. The molecule has 2 amide bonds. The van der Waals surface area contributed by atoms with Crippen molar-refractivity contribution in [1.82, 2.24) is 10.3 Å². The average molecular weight is 458 g/mol. The first-order valence-corrected chi connectivity index (χ1v) is 11.7. The summed E-state index contributed by atoms with van der Waals surface area (Å²) in [5, 5.41) is 12.0. The lowest BCUT2D eigenvalue weighted by Gasteiger charge is -2.42. The molecule has 5 rings (SSSR count). The minimum atomic E-state index is -1.00. The molecule has 7 heteroatoms. The third-order valence-electron chi connectivity index (χ3n) is 6.69. The van der Waals surface area contributed by atoms with Crippen molar-refractivity contribution in [2.24, 2.45) is 0 Å². The van der Waals surface area contributed by atoms with Gasteiger partial charge < -0.3 is 20.1 Å². The highest BCUT2D eigenvalue weighted by Gasteiger charge is 2.40. The van der Waals surface area contributed by atoms with E-state index in [0.29, 0.717) is 18.1 Å². The van der Waals surface area contributed by atoms with E-state index in [-0.39, 0.29) is 12.5 Å². The van der Waals surface area contributed by atoms with Crippen LogP contribution in [0, 0.1) is 0 Å². The molecule has 3 aromatic rings. The maximum atomic E-state index is 12.5. The number of nitrogens with one attached hydrogen (secondary N) is 1. The highest BCUT2D eigenvalue weighted by Crippen LogP contribution is 2.43. The number of carbonyl (C=O) groups excluding carboxylic acids is 1. The van der Waals surface area contributed by atoms with Gasteiger partial charge >= 0.3 is 6.09 Å². The predicted octanol–water partition coefficient (Wildman–Crippen LogP) is 5.20. The number of anilines is 1. The van der Waals surface area contributed by atoms with Gasteiger partial charge in [-0.2, -0.15) is 0 Å². The quantitative estimate of drug-likeness (QED) is 0.531. The van der Waals surface area contributed by atoms with Crippen LogP contribution in [-0.2, 0) is 10.3 Å². The van der Waals surface area contributed by atoms with Crippen LogP contribution < -0.4 is 15.0 Å². The monoisotopic (exact) mass is 457 g/mol. The van der Waals surface area contributed by atoms with Gasteiger partial charge in [-0.1, -0.05) is 61.5 Å². The molecule has 1 saturated carbocycles. The van der Waals surface area contributed by atoms with Gasteiger partial charge in [-0.3, -0.25) is 4.79 Å². The molecule has 1 aliphatic carbocycles. The van der Waals surface area contributed by atoms with E-state index in [4.69, 9.17) is 9.72 Å². The van der Waals surface area contributed by atoms with E-state index in [9.17, 15) is 14.7 Å². The van der Waals surface area contributed by atoms with Gasteiger partial charge in [0.1, 0.15) is 5.69 Å². The number of pyridine rings is 1. The van der Waals surface area contributed by atoms with E-state index in [0.717, 1.165) is 53.6 Å². The zero-order valence-electron chi connectivity index (χ0n) is 19.1. The molecule has 0 radical (unpaired) electrons. The molecule has 1 fully saturated rings. The number of aromatic nitrogens is 1. The topological polar surface area (TPSA) is 91.8 Å². The normalized spacial score (nSPS) is 16.3. The van der Waals surface area contributed by atoms with Crippen molar-refractivity contribution in [2.75, 3.05) is 18.1 Å². The van der Waals surface area contributed by atoms with Crippen LogP contribution in [0.2, 0.25) is 0 Å². The Morgan fingerprint density at radius 2 is 1.85 bits per heavy atom. The summed E-state index contributed by atoms with van der Waals surface area (Å²) in [7, 11) is 0. The van der Waals surface area contributed by atoms with Gasteiger partial charge in [0.05, 0.1) is 11.2 Å². The summed E-state index contributed by atoms with van der Waals surface area (Å²) < 4.78 is 5.74. The minimum Gasteiger partial charge on any atom is -0.466 e. The molecule has 1 aromatic heterocycles. The van der Waals surface area contributed by atoms with E-state index in [1.807, 2.05) is 67.6 Å². The van der Waals surface area contributed by atoms with Crippen LogP contribution in [0.4, 0.5) is 10.5 Å². The zero-order chi connectivity index (χ0) is 23.7. The highest BCUT2D eigenvalue weighted by atomic mass is 16.5. The van der Waals surface area contributed by atoms with Crippen LogP contribution in [0.25, 0.3) is 22.4 Å². The number of hydrogen-bond donors (Lipinski definition) is 2. The highest BCUT2D eigenvalue weighted by molar-refractivity contribution is 5.99. The number of hydrogen-bond acceptors (Lipinski definition) is 4. The van der Waals surface area contributed by atoms with E-state index in [1.54, 1.807) is 4.90 Å². The minimum absolute atomic E-state index is 0.0214. The van der Waals surface area contributed by atoms with Gasteiger partial charge in [0.2, 0.25) is 5.88 Å². The molecule has 0 unspecified atom stereocenters. The molecule has 34 heavy (non-hydrogen) atoms. The maximum absolute atomic E-state index is 12.5. The van der Waals surface area contributed by atoms with Crippen LogP contribution in [0.3, 0.4) is 0 Å². The van der Waals surface area contributed by atoms with Crippen LogP contribution in [-0.4, -0.2) is 35.2 Å². The molecule has 1 aliphatic heterocycles. The van der Waals surface area contributed by atoms with Gasteiger partial charge in [-0.05, 0) is 42.9 Å². The molecule has 2 N–H and O–H groups in total. The molecule has 0 spiro atoms. The Bertz CT molecular complexity index is 1220. The van der Waals surface area contributed by atoms with Crippen LogP contribution in [0.15, 0.2) is 60.7 Å². The fraction of sp³-hybridized carbons (Fsp3) is 0.296. The summed E-state index contributed by atoms with van der Waals surface area (Å²) in [4.78, 5) is 30.5. The second-order valence-corrected chi connectivity index (χ2v) is 8.85. The Morgan fingerprint density at radius 3 is 2.47 bits per heavy atom. The number of nitrogens with zero attached hydrogens (tertiary/aromatic N) is 2. The zero-order valence-corrected chi connectivity index (χ0v) is 19.1. The van der Waals surface area contributed by atoms with Crippen LogP contribution in [0.5, 0.6) is 5.88 Å². The van der Waals surface area contributed by atoms with E-state index < -0.39 is 11.6 Å². The number of benzene rings is 2. The van der Waals surface area contributed by atoms with Crippen LogP contribution in [0.1, 0.15) is 38.2 Å². The third-order valence-corrected chi connectivity index (χ3v) is 6.69. The number of carbonyl (C=O) groups is 2. The van der Waals surface area contributed by atoms with E-state index in [1.165, 1.54) is 0 Å². The molecule has 7 nitrogen and oxygen atoms in total. The Kier molecular flexibility index (Phi) is 5.69. The second kappa shape index (κ2) is 8.82. The third kappa shape index (κ3) is 3.87. The molecular weight excluding hydrogens is 430 g/mol. The molecule has 2 aromatic carbocycles. The predicted molar refractivity (Wildman–Crippen MR) is 130 cm³/mol. The summed E-state index contributed by atoms with van der Waals surface area (Å²) in [6.07, 6.45) is 2.41. The number of amides is 2. The van der Waals surface area contributed by atoms with Gasteiger partial charge in [0.15, 0.2) is 6.61 Å². The Labute approximate surface area is 198 Å². The van der Waals surface area contributed by atoms with Crippen molar-refractivity contribution < 1.29 is 19.4 Å². The Balaban J connectivity index is 1.60. The fourth-order valence-electron chi connectivity index (χ4n) is 4.82. The summed E-state index contributed by atoms with van der Waals surface area (Å²) in [6.45, 7) is 2.63.